The molecule has 3 heterocycles. The number of halogens is 3. The second-order valence-corrected chi connectivity index (χ2v) is 9.73. The zero-order chi connectivity index (χ0) is 28.3. The molecular weight excluding hydrogens is 519 g/mol. The maximum absolute atomic E-state index is 11.1. The van der Waals surface area contributed by atoms with Crippen LogP contribution in [0.25, 0.3) is 11.0 Å². The number of benzene rings is 1. The first-order chi connectivity index (χ1) is 18.4. The molecule has 1 saturated carbocycles. The molecule has 0 saturated heterocycles. The van der Waals surface area contributed by atoms with Crippen LogP contribution in [-0.2, 0) is 22.6 Å². The van der Waals surface area contributed by atoms with Crippen molar-refractivity contribution in [1.29, 1.82) is 0 Å². The highest BCUT2D eigenvalue weighted by Gasteiger charge is 2.38. The number of ether oxygens (including phenoxy) is 1. The van der Waals surface area contributed by atoms with Gasteiger partial charge in [-0.05, 0) is 55.5 Å². The molecule has 1 aliphatic carbocycles. The fourth-order valence-electron chi connectivity index (χ4n) is 4.63. The van der Waals surface area contributed by atoms with E-state index in [1.807, 2.05) is 10.9 Å². The lowest BCUT2D eigenvalue weighted by Gasteiger charge is -2.35. The third kappa shape index (κ3) is 6.74. The highest BCUT2D eigenvalue weighted by molar-refractivity contribution is 5.76. The van der Waals surface area contributed by atoms with Gasteiger partial charge in [-0.25, -0.2) is 14.5 Å². The predicted molar refractivity (Wildman–Crippen MR) is 136 cm³/mol. The highest BCUT2D eigenvalue weighted by Crippen LogP contribution is 2.38. The van der Waals surface area contributed by atoms with Gasteiger partial charge < -0.3 is 25.4 Å². The zero-order valence-electron chi connectivity index (χ0n) is 21.7. The van der Waals surface area contributed by atoms with E-state index < -0.39 is 12.1 Å². The quantitative estimate of drug-likeness (QED) is 0.423. The number of nitrogens with zero attached hydrogens (tertiary/aromatic N) is 5. The van der Waals surface area contributed by atoms with Crippen LogP contribution in [0.5, 0.6) is 5.75 Å². The fraction of sp³-hybridized carbons (Fsp3) is 0.480. The maximum Gasteiger partial charge on any atom is 0.490 e. The number of alkyl halides is 3. The fourth-order valence-corrected chi connectivity index (χ4v) is 4.63. The third-order valence-corrected chi connectivity index (χ3v) is 6.74. The van der Waals surface area contributed by atoms with Gasteiger partial charge in [0.2, 0.25) is 11.9 Å². The Morgan fingerprint density at radius 1 is 1.21 bits per heavy atom. The van der Waals surface area contributed by atoms with Gasteiger partial charge in [-0.3, -0.25) is 4.79 Å². The molecule has 1 amide bonds. The highest BCUT2D eigenvalue weighted by atomic mass is 19.4. The second kappa shape index (κ2) is 11.4. The van der Waals surface area contributed by atoms with Crippen molar-refractivity contribution < 1.29 is 32.6 Å². The molecule has 5 rings (SSSR count). The van der Waals surface area contributed by atoms with Gasteiger partial charge in [0.25, 0.3) is 0 Å². The first kappa shape index (κ1) is 28.1. The van der Waals surface area contributed by atoms with E-state index in [4.69, 9.17) is 19.6 Å². The molecule has 14 heteroatoms. The minimum Gasteiger partial charge on any atom is -0.495 e. The van der Waals surface area contributed by atoms with E-state index in [9.17, 15) is 18.0 Å². The average molecular weight is 550 g/mol. The topological polar surface area (TPSA) is 134 Å². The number of rotatable bonds is 6. The number of hydrogen-bond acceptors (Lipinski definition) is 8. The second-order valence-electron chi connectivity index (χ2n) is 9.73. The Balaban J connectivity index is 0.000000448. The molecule has 210 valence electrons. The standard InChI is InChI=1S/C23H29N7O2.C2HF3O2/c1-14(31)24-10-15-6-19(7-15)30-22-18(12-26-30)11-25-23(28-22)27-20-8-17-13-29(2)5-4-16(17)9-21(20)32-3;3-2(4,5)1(6)7/h8-9,11-12,15,19H,4-7,10,13H2,1-3H3,(H,24,31)(H,25,27,28);(H,6,7)/t15-,19-;. The van der Waals surface area contributed by atoms with E-state index >= 15 is 0 Å². The number of fused-ring (bicyclic) bond motifs is 2. The first-order valence-corrected chi connectivity index (χ1v) is 12.3. The molecule has 1 aliphatic heterocycles. The summed E-state index contributed by atoms with van der Waals surface area (Å²) >= 11 is 0. The monoisotopic (exact) mass is 549 g/mol. The van der Waals surface area contributed by atoms with E-state index in [0.29, 0.717) is 17.9 Å². The van der Waals surface area contributed by atoms with Crippen LogP contribution in [0.1, 0.15) is 36.9 Å². The van der Waals surface area contributed by atoms with Gasteiger partial charge in [-0.1, -0.05) is 0 Å². The zero-order valence-corrected chi connectivity index (χ0v) is 21.7. The Kier molecular flexibility index (Phi) is 8.23. The number of carbonyl (C=O) groups is 2. The molecule has 0 atom stereocenters. The minimum atomic E-state index is -5.08. The normalized spacial score (nSPS) is 18.8. The molecule has 0 spiro atoms. The predicted octanol–water partition coefficient (Wildman–Crippen LogP) is 3.29. The van der Waals surface area contributed by atoms with E-state index in [2.05, 4.69) is 44.8 Å². The number of hydrogen-bond donors (Lipinski definition) is 3. The van der Waals surface area contributed by atoms with Crippen molar-refractivity contribution in [2.75, 3.05) is 32.6 Å². The lowest BCUT2D eigenvalue weighted by Crippen LogP contribution is -2.36. The summed E-state index contributed by atoms with van der Waals surface area (Å²) in [5, 5.41) is 18.9. The van der Waals surface area contributed by atoms with Crippen molar-refractivity contribution in [3.8, 4) is 5.75 Å². The molecule has 3 N–H and O–H groups in total. The number of likely N-dealkylation sites (N-methyl/N-ethyl adjacent to an activating group) is 1. The van der Waals surface area contributed by atoms with Crippen LogP contribution in [0.3, 0.4) is 0 Å². The van der Waals surface area contributed by atoms with E-state index in [1.54, 1.807) is 20.2 Å². The minimum absolute atomic E-state index is 0.0192. The molecule has 39 heavy (non-hydrogen) atoms. The summed E-state index contributed by atoms with van der Waals surface area (Å²) in [6.07, 6.45) is 1.52. The number of anilines is 2. The van der Waals surface area contributed by atoms with Crippen molar-refractivity contribution in [2.45, 2.75) is 44.9 Å². The van der Waals surface area contributed by atoms with Gasteiger partial charge in [-0.2, -0.15) is 23.3 Å². The Hall–Kier alpha value is -3.94. The maximum atomic E-state index is 11.1. The van der Waals surface area contributed by atoms with Crippen LogP contribution in [0, 0.1) is 5.92 Å². The molecule has 1 fully saturated rings. The van der Waals surface area contributed by atoms with Gasteiger partial charge in [0.05, 0.1) is 30.4 Å². The summed E-state index contributed by atoms with van der Waals surface area (Å²) in [5.74, 6) is -0.931. The van der Waals surface area contributed by atoms with Gasteiger partial charge >= 0.3 is 12.1 Å². The van der Waals surface area contributed by atoms with Gasteiger partial charge in [0, 0.05) is 32.8 Å². The van der Waals surface area contributed by atoms with Crippen LogP contribution in [-0.4, -0.2) is 75.1 Å². The molecule has 1 aromatic carbocycles. The number of methoxy groups -OCH3 is 1. The third-order valence-electron chi connectivity index (χ3n) is 6.74. The van der Waals surface area contributed by atoms with Crippen LogP contribution in [0.15, 0.2) is 24.5 Å². The summed E-state index contributed by atoms with van der Waals surface area (Å²) in [6.45, 7) is 4.25. The Labute approximate surface area is 222 Å². The number of carbonyl (C=O) groups excluding carboxylic acids is 1. The van der Waals surface area contributed by atoms with Crippen molar-refractivity contribution in [2.24, 2.45) is 5.92 Å². The van der Waals surface area contributed by atoms with Gasteiger partial charge in [0.1, 0.15) is 5.75 Å². The summed E-state index contributed by atoms with van der Waals surface area (Å²) < 4.78 is 39.4. The average Bonchev–Trinajstić information content (AvgIpc) is 3.25. The van der Waals surface area contributed by atoms with Crippen LogP contribution >= 0.6 is 0 Å². The largest absolute Gasteiger partial charge is 0.495 e. The smallest absolute Gasteiger partial charge is 0.490 e. The SMILES string of the molecule is COc1cc2c(cc1Nc1ncc3cnn([C@H]4C[C@H](CNC(C)=O)C4)c3n1)CN(C)CC2.O=C(O)C(F)(F)F. The van der Waals surface area contributed by atoms with Crippen LogP contribution < -0.4 is 15.4 Å². The number of amides is 1. The van der Waals surface area contributed by atoms with E-state index in [-0.39, 0.29) is 5.91 Å². The Morgan fingerprint density at radius 2 is 1.92 bits per heavy atom. The van der Waals surface area contributed by atoms with Crippen molar-refractivity contribution >= 4 is 34.5 Å². The lowest BCUT2D eigenvalue weighted by molar-refractivity contribution is -0.192. The van der Waals surface area contributed by atoms with Crippen molar-refractivity contribution in [3.63, 3.8) is 0 Å². The van der Waals surface area contributed by atoms with Crippen molar-refractivity contribution in [3.05, 3.63) is 35.7 Å². The van der Waals surface area contributed by atoms with Gasteiger partial charge in [0.15, 0.2) is 5.65 Å². The molecule has 0 bridgehead atoms. The Morgan fingerprint density at radius 3 is 2.56 bits per heavy atom. The molecule has 0 unspecified atom stereocenters. The molecule has 3 aromatic rings. The molecular formula is C25H30F3N7O4. The molecule has 11 nitrogen and oxygen atoms in total. The van der Waals surface area contributed by atoms with Crippen LogP contribution in [0.2, 0.25) is 0 Å². The lowest BCUT2D eigenvalue weighted by atomic mass is 9.80. The molecule has 2 aliphatic rings. The van der Waals surface area contributed by atoms with Crippen molar-refractivity contribution in [1.82, 2.24) is 30.0 Å². The summed E-state index contributed by atoms with van der Waals surface area (Å²) in [4.78, 5) is 31.6. The number of carboxylic acids is 1. The summed E-state index contributed by atoms with van der Waals surface area (Å²) in [6, 6.07) is 4.56. The van der Waals surface area contributed by atoms with Crippen LogP contribution in [0.4, 0.5) is 24.8 Å². The molecule has 2 aromatic heterocycles. The van der Waals surface area contributed by atoms with E-state index in [0.717, 1.165) is 61.4 Å². The first-order valence-electron chi connectivity index (χ1n) is 12.3. The molecule has 0 radical (unpaired) electrons. The summed E-state index contributed by atoms with van der Waals surface area (Å²) in [5.41, 5.74) is 4.32. The number of carboxylic acid groups (broad SMARTS) is 1. The van der Waals surface area contributed by atoms with Gasteiger partial charge in [-0.15, -0.1) is 0 Å². The summed E-state index contributed by atoms with van der Waals surface area (Å²) in [7, 11) is 3.83. The van der Waals surface area contributed by atoms with E-state index in [1.165, 1.54) is 11.1 Å². The number of nitrogens with one attached hydrogen (secondary N) is 2. The number of aliphatic carboxylic acids is 1. The Bertz CT molecular complexity index is 1360. The number of aromatic nitrogens is 4.